The number of benzene rings is 3. The zero-order valence-corrected chi connectivity index (χ0v) is 19.6. The lowest BCUT2D eigenvalue weighted by molar-refractivity contribution is 0.466. The molecule has 6 heteroatoms. The summed E-state index contributed by atoms with van der Waals surface area (Å²) in [4.78, 5) is 8.27. The molecule has 0 bridgehead atoms. The number of ether oxygens (including phenoxy) is 2. The standard InChI is InChI=1S/C28H17N2O2PS/c34-33-26-6-4-20(18-8-12-29-13-9-18)16-24(26)31-22-2-1-3-23(28(22)33)32-25-17-21(5-7-27(25)33)19-10-14-30-15-11-19/h1-17H. The van der Waals surface area contributed by atoms with E-state index in [4.69, 9.17) is 21.3 Å². The summed E-state index contributed by atoms with van der Waals surface area (Å²) in [6, 6.07) is 24.3. The highest BCUT2D eigenvalue weighted by Gasteiger charge is 2.42. The number of nitrogens with zero attached hydrogens (tertiary/aromatic N) is 2. The van der Waals surface area contributed by atoms with Crippen molar-refractivity contribution in [3.63, 3.8) is 0 Å². The molecule has 2 aromatic heterocycles. The summed E-state index contributed by atoms with van der Waals surface area (Å²) in [5.41, 5.74) is 4.33. The molecule has 4 nitrogen and oxygen atoms in total. The molecule has 0 N–H and O–H groups in total. The molecule has 3 aromatic carbocycles. The normalized spacial score (nSPS) is 14.1. The third-order valence-corrected chi connectivity index (χ3v) is 11.2. The van der Waals surface area contributed by atoms with E-state index in [1.54, 1.807) is 24.8 Å². The molecule has 0 saturated carbocycles. The van der Waals surface area contributed by atoms with Gasteiger partial charge in [0.05, 0.1) is 11.3 Å². The van der Waals surface area contributed by atoms with Gasteiger partial charge in [0.2, 0.25) is 0 Å². The second-order valence-electron chi connectivity index (χ2n) is 8.25. The SMILES string of the molecule is S=P12c3ccc(-c4ccncc4)cc3Oc3cccc(c31)Oc1cc(-c3ccncc3)ccc12. The van der Waals surface area contributed by atoms with Gasteiger partial charge in [-0.15, -0.1) is 0 Å². The molecule has 4 heterocycles. The van der Waals surface area contributed by atoms with E-state index < -0.39 is 6.04 Å². The predicted molar refractivity (Wildman–Crippen MR) is 139 cm³/mol. The summed E-state index contributed by atoms with van der Waals surface area (Å²) in [6.07, 6.45) is 7.20. The van der Waals surface area contributed by atoms with Crippen LogP contribution in [0.5, 0.6) is 23.0 Å². The highest BCUT2D eigenvalue weighted by Crippen LogP contribution is 2.59. The summed E-state index contributed by atoms with van der Waals surface area (Å²) in [5.74, 6) is 3.19. The highest BCUT2D eigenvalue weighted by atomic mass is 32.4. The first-order chi connectivity index (χ1) is 16.7. The molecule has 0 unspecified atom stereocenters. The van der Waals surface area contributed by atoms with Gasteiger partial charge < -0.3 is 9.47 Å². The van der Waals surface area contributed by atoms with Crippen molar-refractivity contribution in [2.75, 3.05) is 0 Å². The molecule has 2 aliphatic rings. The summed E-state index contributed by atoms with van der Waals surface area (Å²) >= 11 is 6.61. The van der Waals surface area contributed by atoms with Crippen molar-refractivity contribution in [3.8, 4) is 45.3 Å². The number of hydrogen-bond donors (Lipinski definition) is 0. The average molecular weight is 476 g/mol. The van der Waals surface area contributed by atoms with Crippen molar-refractivity contribution < 1.29 is 9.47 Å². The van der Waals surface area contributed by atoms with E-state index in [2.05, 4.69) is 46.4 Å². The molecule has 0 radical (unpaired) electrons. The molecule has 0 amide bonds. The first-order valence-corrected chi connectivity index (χ1v) is 13.7. The van der Waals surface area contributed by atoms with Crippen molar-refractivity contribution in [3.05, 3.63) is 104 Å². The van der Waals surface area contributed by atoms with Gasteiger partial charge in [0, 0.05) is 35.4 Å². The Balaban J connectivity index is 1.45. The Labute approximate surface area is 201 Å². The van der Waals surface area contributed by atoms with E-state index in [0.717, 1.165) is 61.2 Å². The van der Waals surface area contributed by atoms with Crippen LogP contribution in [0, 0.1) is 0 Å². The summed E-state index contributed by atoms with van der Waals surface area (Å²) < 4.78 is 12.8. The monoisotopic (exact) mass is 476 g/mol. The quantitative estimate of drug-likeness (QED) is 0.296. The molecule has 162 valence electrons. The summed E-state index contributed by atoms with van der Waals surface area (Å²) in [7, 11) is 0. The van der Waals surface area contributed by atoms with Crippen LogP contribution in [-0.4, -0.2) is 9.97 Å². The first-order valence-electron chi connectivity index (χ1n) is 10.9. The van der Waals surface area contributed by atoms with Crippen LogP contribution in [0.15, 0.2) is 104 Å². The number of hydrogen-bond acceptors (Lipinski definition) is 5. The maximum absolute atomic E-state index is 6.61. The van der Waals surface area contributed by atoms with Gasteiger partial charge in [-0.25, -0.2) is 0 Å². The van der Waals surface area contributed by atoms with Crippen molar-refractivity contribution in [2.45, 2.75) is 0 Å². The third kappa shape index (κ3) is 2.81. The highest BCUT2D eigenvalue weighted by molar-refractivity contribution is 8.26. The fourth-order valence-electron chi connectivity index (χ4n) is 4.74. The van der Waals surface area contributed by atoms with Gasteiger partial charge in [-0.05, 0) is 82.9 Å². The fraction of sp³-hybridized carbons (Fsp3) is 0. The Morgan fingerprint density at radius 1 is 0.529 bits per heavy atom. The van der Waals surface area contributed by atoms with Crippen LogP contribution in [0.3, 0.4) is 0 Å². The molecular weight excluding hydrogens is 459 g/mol. The van der Waals surface area contributed by atoms with Gasteiger partial charge in [-0.3, -0.25) is 9.97 Å². The molecule has 0 saturated heterocycles. The minimum atomic E-state index is -2.38. The second kappa shape index (κ2) is 7.36. The Morgan fingerprint density at radius 3 is 1.47 bits per heavy atom. The summed E-state index contributed by atoms with van der Waals surface area (Å²) in [5, 5.41) is 3.11. The molecule has 2 aliphatic heterocycles. The molecule has 5 aromatic rings. The lowest BCUT2D eigenvalue weighted by Gasteiger charge is -2.37. The van der Waals surface area contributed by atoms with Gasteiger partial charge in [-0.2, -0.15) is 0 Å². The Bertz CT molecular complexity index is 1520. The van der Waals surface area contributed by atoms with Gasteiger partial charge in [0.25, 0.3) is 0 Å². The molecule has 0 aliphatic carbocycles. The van der Waals surface area contributed by atoms with Gasteiger partial charge in [-0.1, -0.05) is 30.0 Å². The van der Waals surface area contributed by atoms with Crippen molar-refractivity contribution in [1.29, 1.82) is 0 Å². The number of pyridine rings is 2. The smallest absolute Gasteiger partial charge is 0.140 e. The van der Waals surface area contributed by atoms with E-state index in [0.29, 0.717) is 0 Å². The van der Waals surface area contributed by atoms with Crippen molar-refractivity contribution >= 4 is 33.8 Å². The van der Waals surface area contributed by atoms with E-state index in [9.17, 15) is 0 Å². The first kappa shape index (κ1) is 19.7. The van der Waals surface area contributed by atoms with Crippen LogP contribution < -0.4 is 25.4 Å². The van der Waals surface area contributed by atoms with Crippen LogP contribution >= 0.6 is 6.04 Å². The van der Waals surface area contributed by atoms with Crippen molar-refractivity contribution in [1.82, 2.24) is 9.97 Å². The molecule has 0 fully saturated rings. The van der Waals surface area contributed by atoms with E-state index in [1.165, 1.54) is 0 Å². The fourth-order valence-corrected chi connectivity index (χ4v) is 9.20. The van der Waals surface area contributed by atoms with E-state index in [-0.39, 0.29) is 0 Å². The summed E-state index contributed by atoms with van der Waals surface area (Å²) in [6.45, 7) is 0. The van der Waals surface area contributed by atoms with Crippen LogP contribution in [0.4, 0.5) is 0 Å². The second-order valence-corrected chi connectivity index (χ2v) is 12.5. The maximum atomic E-state index is 6.61. The molecular formula is C28H17N2O2PS. The van der Waals surface area contributed by atoms with Crippen LogP contribution in [0.1, 0.15) is 0 Å². The van der Waals surface area contributed by atoms with Crippen LogP contribution in [0.25, 0.3) is 22.3 Å². The average Bonchev–Trinajstić information content (AvgIpc) is 2.89. The third-order valence-electron chi connectivity index (χ3n) is 6.34. The Kier molecular flexibility index (Phi) is 4.25. The zero-order chi connectivity index (χ0) is 22.7. The van der Waals surface area contributed by atoms with E-state index >= 15 is 0 Å². The Hall–Kier alpha value is -3.79. The molecule has 0 spiro atoms. The molecule has 7 rings (SSSR count). The topological polar surface area (TPSA) is 44.2 Å². The molecule has 34 heavy (non-hydrogen) atoms. The van der Waals surface area contributed by atoms with Gasteiger partial charge in [0.15, 0.2) is 0 Å². The minimum Gasteiger partial charge on any atom is -0.456 e. The van der Waals surface area contributed by atoms with Gasteiger partial charge >= 0.3 is 0 Å². The van der Waals surface area contributed by atoms with E-state index in [1.807, 2.05) is 42.5 Å². The van der Waals surface area contributed by atoms with Crippen molar-refractivity contribution in [2.24, 2.45) is 0 Å². The predicted octanol–water partition coefficient (Wildman–Crippen LogP) is 5.78. The number of fused-ring (bicyclic) bond motifs is 4. The Morgan fingerprint density at radius 2 is 1.00 bits per heavy atom. The minimum absolute atomic E-state index is 0.782. The number of aromatic nitrogens is 2. The maximum Gasteiger partial charge on any atom is 0.140 e. The van der Waals surface area contributed by atoms with Crippen LogP contribution in [-0.2, 0) is 11.8 Å². The lowest BCUT2D eigenvalue weighted by Crippen LogP contribution is -2.34. The molecule has 0 atom stereocenters. The zero-order valence-electron chi connectivity index (χ0n) is 17.9. The van der Waals surface area contributed by atoms with Crippen LogP contribution in [0.2, 0.25) is 0 Å². The van der Waals surface area contributed by atoms with Gasteiger partial charge in [0.1, 0.15) is 23.0 Å². The lowest BCUT2D eigenvalue weighted by atomic mass is 10.1. The number of rotatable bonds is 2. The largest absolute Gasteiger partial charge is 0.456 e.